The topological polar surface area (TPSA) is 84.4 Å². The molecule has 1 aromatic carbocycles. The number of nitrogens with zero attached hydrogens (tertiary/aromatic N) is 1. The first kappa shape index (κ1) is 12.9. The van der Waals surface area contributed by atoms with Gasteiger partial charge in [-0.05, 0) is 25.1 Å². The molecule has 1 aromatic heterocycles. The van der Waals surface area contributed by atoms with Crippen molar-refractivity contribution in [2.24, 2.45) is 0 Å². The van der Waals surface area contributed by atoms with E-state index in [2.05, 4.69) is 10.2 Å². The maximum absolute atomic E-state index is 10.9. The Labute approximate surface area is 110 Å². The fourth-order valence-electron chi connectivity index (χ4n) is 1.94. The number of ether oxygens (including phenoxy) is 2. The van der Waals surface area contributed by atoms with E-state index in [1.807, 2.05) is 6.92 Å². The first-order valence-electron chi connectivity index (χ1n) is 5.59. The van der Waals surface area contributed by atoms with Crippen molar-refractivity contribution < 1.29 is 19.4 Å². The summed E-state index contributed by atoms with van der Waals surface area (Å²) < 4.78 is 10.5. The van der Waals surface area contributed by atoms with Crippen LogP contribution >= 0.6 is 0 Å². The number of nitrogens with one attached hydrogen (secondary N) is 1. The van der Waals surface area contributed by atoms with Crippen molar-refractivity contribution >= 4 is 5.97 Å². The summed E-state index contributed by atoms with van der Waals surface area (Å²) in [6, 6.07) is 5.02. The average molecular weight is 262 g/mol. The van der Waals surface area contributed by atoms with Crippen LogP contribution in [0.3, 0.4) is 0 Å². The summed E-state index contributed by atoms with van der Waals surface area (Å²) in [7, 11) is 3.13. The molecule has 0 aliphatic rings. The highest BCUT2D eigenvalue weighted by Gasteiger charge is 2.17. The number of benzene rings is 1. The predicted molar refractivity (Wildman–Crippen MR) is 68.8 cm³/mol. The quantitative estimate of drug-likeness (QED) is 0.881. The van der Waals surface area contributed by atoms with Gasteiger partial charge in [-0.2, -0.15) is 5.10 Å². The number of H-pyrrole nitrogens is 1. The van der Waals surface area contributed by atoms with E-state index < -0.39 is 5.97 Å². The average Bonchev–Trinajstić information content (AvgIpc) is 2.87. The Morgan fingerprint density at radius 1 is 1.26 bits per heavy atom. The molecule has 0 aliphatic carbocycles. The van der Waals surface area contributed by atoms with E-state index >= 15 is 0 Å². The van der Waals surface area contributed by atoms with Crippen molar-refractivity contribution in [1.82, 2.24) is 10.2 Å². The monoisotopic (exact) mass is 262 g/mol. The highest BCUT2D eigenvalue weighted by atomic mass is 16.5. The lowest BCUT2D eigenvalue weighted by Gasteiger charge is -2.12. The normalized spacial score (nSPS) is 10.3. The van der Waals surface area contributed by atoms with Crippen LogP contribution < -0.4 is 9.47 Å². The molecular formula is C13H14N2O4. The largest absolute Gasteiger partial charge is 0.496 e. The minimum atomic E-state index is -1.06. The number of methoxy groups -OCH3 is 2. The maximum atomic E-state index is 10.9. The van der Waals surface area contributed by atoms with Crippen molar-refractivity contribution in [3.63, 3.8) is 0 Å². The molecule has 1 heterocycles. The zero-order valence-corrected chi connectivity index (χ0v) is 10.9. The van der Waals surface area contributed by atoms with Crippen LogP contribution in [0.5, 0.6) is 11.5 Å². The van der Waals surface area contributed by atoms with Gasteiger partial charge >= 0.3 is 5.97 Å². The lowest BCUT2D eigenvalue weighted by atomic mass is 10.0. The van der Waals surface area contributed by atoms with E-state index in [1.54, 1.807) is 26.4 Å². The van der Waals surface area contributed by atoms with Gasteiger partial charge in [0.1, 0.15) is 17.2 Å². The number of hydrogen-bond donors (Lipinski definition) is 2. The molecule has 6 heteroatoms. The zero-order valence-electron chi connectivity index (χ0n) is 10.9. The molecule has 0 saturated heterocycles. The molecule has 0 saturated carbocycles. The van der Waals surface area contributed by atoms with Crippen LogP contribution in [0.15, 0.2) is 18.2 Å². The maximum Gasteiger partial charge on any atom is 0.353 e. The van der Waals surface area contributed by atoms with Gasteiger partial charge in [-0.15, -0.1) is 0 Å². The molecule has 0 atom stereocenters. The van der Waals surface area contributed by atoms with Gasteiger partial charge in [0.05, 0.1) is 25.5 Å². The van der Waals surface area contributed by atoms with Crippen molar-refractivity contribution in [3.8, 4) is 22.8 Å². The van der Waals surface area contributed by atoms with Gasteiger partial charge in [-0.25, -0.2) is 4.79 Å². The summed E-state index contributed by atoms with van der Waals surface area (Å²) in [5.74, 6) is 0.246. The third-order valence-electron chi connectivity index (χ3n) is 2.88. The van der Waals surface area contributed by atoms with Crippen LogP contribution in [-0.4, -0.2) is 35.5 Å². The third-order valence-corrected chi connectivity index (χ3v) is 2.88. The van der Waals surface area contributed by atoms with E-state index in [0.717, 1.165) is 5.56 Å². The minimum absolute atomic E-state index is 0.0271. The van der Waals surface area contributed by atoms with Gasteiger partial charge in [-0.1, -0.05) is 0 Å². The van der Waals surface area contributed by atoms with Gasteiger partial charge in [0, 0.05) is 5.56 Å². The van der Waals surface area contributed by atoms with Crippen LogP contribution in [0.4, 0.5) is 0 Å². The van der Waals surface area contributed by atoms with Gasteiger partial charge in [0.15, 0.2) is 0 Å². The van der Waals surface area contributed by atoms with Crippen molar-refractivity contribution in [2.75, 3.05) is 14.2 Å². The summed E-state index contributed by atoms with van der Waals surface area (Å²) in [5.41, 5.74) is 2.08. The molecule has 6 nitrogen and oxygen atoms in total. The predicted octanol–water partition coefficient (Wildman–Crippen LogP) is 2.10. The van der Waals surface area contributed by atoms with Crippen molar-refractivity contribution in [1.29, 1.82) is 0 Å². The smallest absolute Gasteiger partial charge is 0.353 e. The zero-order chi connectivity index (χ0) is 14.0. The Bertz CT molecular complexity index is 619. The molecule has 0 fully saturated rings. The number of carbonyl (C=O) groups is 1. The second-order valence-electron chi connectivity index (χ2n) is 3.94. The lowest BCUT2D eigenvalue weighted by Crippen LogP contribution is -1.95. The van der Waals surface area contributed by atoms with Crippen molar-refractivity contribution in [3.05, 3.63) is 29.5 Å². The molecule has 0 spiro atoms. The first-order valence-corrected chi connectivity index (χ1v) is 5.59. The highest BCUT2D eigenvalue weighted by molar-refractivity contribution is 5.87. The Kier molecular flexibility index (Phi) is 3.41. The molecule has 0 unspecified atom stereocenters. The van der Waals surface area contributed by atoms with E-state index in [1.165, 1.54) is 6.07 Å². The summed E-state index contributed by atoms with van der Waals surface area (Å²) in [6.45, 7) is 1.87. The summed E-state index contributed by atoms with van der Waals surface area (Å²) in [5, 5.41) is 15.4. The van der Waals surface area contributed by atoms with Crippen LogP contribution in [0.1, 0.15) is 16.1 Å². The summed E-state index contributed by atoms with van der Waals surface area (Å²) in [6.07, 6.45) is 0. The molecule has 0 bridgehead atoms. The SMILES string of the molecule is COc1ccc(OC)c(-c2cc(C(=O)O)[nH]n2)c1C. The van der Waals surface area contributed by atoms with Gasteiger partial charge < -0.3 is 14.6 Å². The van der Waals surface area contributed by atoms with E-state index in [-0.39, 0.29) is 5.69 Å². The van der Waals surface area contributed by atoms with Crippen LogP contribution in [0.25, 0.3) is 11.3 Å². The number of carboxylic acid groups (broad SMARTS) is 1. The fraction of sp³-hybridized carbons (Fsp3) is 0.231. The number of carboxylic acids is 1. The molecular weight excluding hydrogens is 248 g/mol. The number of hydrogen-bond acceptors (Lipinski definition) is 4. The third kappa shape index (κ3) is 2.24. The molecule has 100 valence electrons. The summed E-state index contributed by atoms with van der Waals surface area (Å²) in [4.78, 5) is 10.9. The van der Waals surface area contributed by atoms with E-state index in [9.17, 15) is 4.79 Å². The highest BCUT2D eigenvalue weighted by Crippen LogP contribution is 2.37. The van der Waals surface area contributed by atoms with Crippen molar-refractivity contribution in [2.45, 2.75) is 6.92 Å². The number of aromatic nitrogens is 2. The van der Waals surface area contributed by atoms with Crippen LogP contribution in [0.2, 0.25) is 0 Å². The number of rotatable bonds is 4. The first-order chi connectivity index (χ1) is 9.08. The number of aromatic carboxylic acids is 1. The fourth-order valence-corrected chi connectivity index (χ4v) is 1.94. The Hall–Kier alpha value is -2.50. The van der Waals surface area contributed by atoms with Crippen LogP contribution in [-0.2, 0) is 0 Å². The second kappa shape index (κ2) is 5.01. The molecule has 2 rings (SSSR count). The minimum Gasteiger partial charge on any atom is -0.496 e. The Morgan fingerprint density at radius 2 is 1.89 bits per heavy atom. The van der Waals surface area contributed by atoms with Crippen LogP contribution in [0, 0.1) is 6.92 Å². The molecule has 0 radical (unpaired) electrons. The Morgan fingerprint density at radius 3 is 2.42 bits per heavy atom. The molecule has 19 heavy (non-hydrogen) atoms. The molecule has 2 N–H and O–H groups in total. The van der Waals surface area contributed by atoms with E-state index in [4.69, 9.17) is 14.6 Å². The number of aromatic amines is 1. The molecule has 0 amide bonds. The Balaban J connectivity index is 2.61. The molecule has 2 aromatic rings. The van der Waals surface area contributed by atoms with E-state index in [0.29, 0.717) is 22.8 Å². The standard InChI is InChI=1S/C13H14N2O4/c1-7-10(18-2)4-5-11(19-3)12(7)8-6-9(13(16)17)15-14-8/h4-6H,1-3H3,(H,14,15)(H,16,17). The van der Waals surface area contributed by atoms with Gasteiger partial charge in [0.25, 0.3) is 0 Å². The molecule has 0 aliphatic heterocycles. The summed E-state index contributed by atoms with van der Waals surface area (Å²) >= 11 is 0. The second-order valence-corrected chi connectivity index (χ2v) is 3.94. The lowest BCUT2D eigenvalue weighted by molar-refractivity contribution is 0.0690. The van der Waals surface area contributed by atoms with Gasteiger partial charge in [-0.3, -0.25) is 5.10 Å². The van der Waals surface area contributed by atoms with Gasteiger partial charge in [0.2, 0.25) is 0 Å².